The van der Waals surface area contributed by atoms with Crippen LogP contribution in [0.5, 0.6) is 0 Å². The zero-order valence-corrected chi connectivity index (χ0v) is 15.2. The summed E-state index contributed by atoms with van der Waals surface area (Å²) < 4.78 is 9.89. The number of allylic oxidation sites excluding steroid dienone is 2. The van der Waals surface area contributed by atoms with E-state index < -0.39 is 12.1 Å². The maximum atomic E-state index is 11.8. The van der Waals surface area contributed by atoms with Gasteiger partial charge in [0.05, 0.1) is 6.61 Å². The monoisotopic (exact) mass is 312 g/mol. The molecule has 0 aromatic heterocycles. The molecule has 0 aromatic carbocycles. The van der Waals surface area contributed by atoms with E-state index in [9.17, 15) is 9.59 Å². The van der Waals surface area contributed by atoms with Gasteiger partial charge in [-0.25, -0.2) is 4.79 Å². The summed E-state index contributed by atoms with van der Waals surface area (Å²) in [7, 11) is 0. The summed E-state index contributed by atoms with van der Waals surface area (Å²) in [4.78, 5) is 23.2. The minimum atomic E-state index is -0.841. The Labute approximate surface area is 135 Å². The molecule has 22 heavy (non-hydrogen) atoms. The number of carbonyl (C=O) groups is 2. The Morgan fingerprint density at radius 3 is 2.23 bits per heavy atom. The number of ether oxygens (including phenoxy) is 2. The molecule has 4 heteroatoms. The van der Waals surface area contributed by atoms with E-state index in [1.54, 1.807) is 6.92 Å². The molecule has 4 nitrogen and oxygen atoms in total. The molecule has 1 atom stereocenters. The fourth-order valence-corrected chi connectivity index (χ4v) is 1.80. The van der Waals surface area contributed by atoms with Crippen molar-refractivity contribution < 1.29 is 19.1 Å². The van der Waals surface area contributed by atoms with Gasteiger partial charge in [0.15, 0.2) is 6.10 Å². The van der Waals surface area contributed by atoms with Crippen molar-refractivity contribution in [3.63, 3.8) is 0 Å². The van der Waals surface area contributed by atoms with E-state index in [1.165, 1.54) is 6.92 Å². The molecule has 0 heterocycles. The standard InChI is InChI=1S/C18H32O4/c1-8-21-16(20)14(2)22-15(19)10-13-18(6,7)12-9-11-17(3,4)5/h9,12,14H,8,10-11,13H2,1-7H3. The van der Waals surface area contributed by atoms with Crippen LogP contribution >= 0.6 is 0 Å². The third-order valence-corrected chi connectivity index (χ3v) is 3.20. The topological polar surface area (TPSA) is 52.6 Å². The zero-order chi connectivity index (χ0) is 17.4. The van der Waals surface area contributed by atoms with E-state index in [4.69, 9.17) is 9.47 Å². The molecule has 0 saturated carbocycles. The Morgan fingerprint density at radius 1 is 1.14 bits per heavy atom. The van der Waals surface area contributed by atoms with Gasteiger partial charge in [0.25, 0.3) is 0 Å². The van der Waals surface area contributed by atoms with E-state index >= 15 is 0 Å². The summed E-state index contributed by atoms with van der Waals surface area (Å²) in [5.41, 5.74) is 0.192. The van der Waals surface area contributed by atoms with Crippen LogP contribution in [-0.2, 0) is 19.1 Å². The molecule has 1 unspecified atom stereocenters. The first-order valence-corrected chi connectivity index (χ1v) is 8.00. The van der Waals surface area contributed by atoms with Gasteiger partial charge in [-0.3, -0.25) is 4.79 Å². The highest BCUT2D eigenvalue weighted by atomic mass is 16.6. The lowest BCUT2D eigenvalue weighted by atomic mass is 9.85. The van der Waals surface area contributed by atoms with Crippen molar-refractivity contribution in [2.24, 2.45) is 10.8 Å². The molecule has 0 aromatic rings. The maximum absolute atomic E-state index is 11.8. The van der Waals surface area contributed by atoms with Crippen molar-refractivity contribution in [3.8, 4) is 0 Å². The van der Waals surface area contributed by atoms with Gasteiger partial charge in [-0.15, -0.1) is 0 Å². The van der Waals surface area contributed by atoms with Crippen LogP contribution in [0.2, 0.25) is 0 Å². The van der Waals surface area contributed by atoms with Gasteiger partial charge in [0.1, 0.15) is 0 Å². The summed E-state index contributed by atoms with van der Waals surface area (Å²) >= 11 is 0. The summed E-state index contributed by atoms with van der Waals surface area (Å²) in [6.45, 7) is 14.3. The molecule has 0 fully saturated rings. The Kier molecular flexibility index (Phi) is 8.43. The van der Waals surface area contributed by atoms with Crippen LogP contribution in [0.25, 0.3) is 0 Å². The van der Waals surface area contributed by atoms with Gasteiger partial charge < -0.3 is 9.47 Å². The third-order valence-electron chi connectivity index (χ3n) is 3.20. The lowest BCUT2D eigenvalue weighted by Gasteiger charge is -2.21. The summed E-state index contributed by atoms with van der Waals surface area (Å²) in [5.74, 6) is -0.863. The average Bonchev–Trinajstić information content (AvgIpc) is 2.35. The van der Waals surface area contributed by atoms with Crippen LogP contribution in [0.4, 0.5) is 0 Å². The number of hydrogen-bond donors (Lipinski definition) is 0. The zero-order valence-electron chi connectivity index (χ0n) is 15.2. The van der Waals surface area contributed by atoms with E-state index in [-0.39, 0.29) is 29.8 Å². The van der Waals surface area contributed by atoms with Gasteiger partial charge >= 0.3 is 11.9 Å². The molecule has 0 bridgehead atoms. The summed E-state index contributed by atoms with van der Waals surface area (Å²) in [6, 6.07) is 0. The minimum absolute atomic E-state index is 0.0720. The molecule has 0 amide bonds. The molecule has 0 N–H and O–H groups in total. The van der Waals surface area contributed by atoms with Crippen LogP contribution in [0.3, 0.4) is 0 Å². The van der Waals surface area contributed by atoms with Crippen LogP contribution in [0.1, 0.15) is 67.7 Å². The van der Waals surface area contributed by atoms with Crippen LogP contribution in [0.15, 0.2) is 12.2 Å². The Hall–Kier alpha value is -1.32. The molecule has 0 aliphatic rings. The molecule has 0 aliphatic carbocycles. The Balaban J connectivity index is 4.24. The fourth-order valence-electron chi connectivity index (χ4n) is 1.80. The number of rotatable bonds is 8. The van der Waals surface area contributed by atoms with E-state index in [1.807, 2.05) is 0 Å². The van der Waals surface area contributed by atoms with Crippen molar-refractivity contribution in [3.05, 3.63) is 12.2 Å². The van der Waals surface area contributed by atoms with Gasteiger partial charge in [0.2, 0.25) is 0 Å². The van der Waals surface area contributed by atoms with Crippen LogP contribution < -0.4 is 0 Å². The second-order valence-electron chi connectivity index (χ2n) is 7.54. The third kappa shape index (κ3) is 10.4. The normalized spacial score (nSPS) is 14.0. The SMILES string of the molecule is CCOC(=O)C(C)OC(=O)CCC(C)(C)C=CCC(C)(C)C. The summed E-state index contributed by atoms with van der Waals surface area (Å²) in [5, 5.41) is 0. The minimum Gasteiger partial charge on any atom is -0.463 e. The highest BCUT2D eigenvalue weighted by Gasteiger charge is 2.21. The van der Waals surface area contributed by atoms with Gasteiger partial charge in [0, 0.05) is 6.42 Å². The molecule has 0 rings (SSSR count). The second-order valence-corrected chi connectivity index (χ2v) is 7.54. The molecule has 128 valence electrons. The first-order valence-electron chi connectivity index (χ1n) is 8.00. The average molecular weight is 312 g/mol. The van der Waals surface area contributed by atoms with Gasteiger partial charge in [-0.1, -0.05) is 46.8 Å². The quantitative estimate of drug-likeness (QED) is 0.496. The molecular weight excluding hydrogens is 280 g/mol. The first-order chi connectivity index (χ1) is 9.97. The number of hydrogen-bond acceptors (Lipinski definition) is 4. The van der Waals surface area contributed by atoms with E-state index in [0.29, 0.717) is 6.42 Å². The predicted molar refractivity (Wildman–Crippen MR) is 88.4 cm³/mol. The number of carbonyl (C=O) groups excluding carboxylic acids is 2. The van der Waals surface area contributed by atoms with Gasteiger partial charge in [-0.05, 0) is 37.5 Å². The van der Waals surface area contributed by atoms with Crippen LogP contribution in [0, 0.1) is 10.8 Å². The van der Waals surface area contributed by atoms with Crippen LogP contribution in [-0.4, -0.2) is 24.6 Å². The largest absolute Gasteiger partial charge is 0.463 e. The molecule has 0 saturated heterocycles. The van der Waals surface area contributed by atoms with Gasteiger partial charge in [-0.2, -0.15) is 0 Å². The highest BCUT2D eigenvalue weighted by Crippen LogP contribution is 2.27. The van der Waals surface area contributed by atoms with Crippen molar-refractivity contribution in [1.82, 2.24) is 0 Å². The lowest BCUT2D eigenvalue weighted by Crippen LogP contribution is -2.26. The first kappa shape index (κ1) is 20.7. The maximum Gasteiger partial charge on any atom is 0.347 e. The summed E-state index contributed by atoms with van der Waals surface area (Å²) in [6.07, 6.45) is 5.46. The molecule has 0 aliphatic heterocycles. The van der Waals surface area contributed by atoms with Crippen molar-refractivity contribution in [2.75, 3.05) is 6.61 Å². The number of esters is 2. The molecule has 0 spiro atoms. The fraction of sp³-hybridized carbons (Fsp3) is 0.778. The Bertz CT molecular complexity index is 388. The van der Waals surface area contributed by atoms with Crippen molar-refractivity contribution in [2.45, 2.75) is 73.8 Å². The van der Waals surface area contributed by atoms with Crippen molar-refractivity contribution >= 4 is 11.9 Å². The van der Waals surface area contributed by atoms with E-state index in [0.717, 1.165) is 6.42 Å². The second kappa shape index (κ2) is 8.96. The smallest absolute Gasteiger partial charge is 0.347 e. The van der Waals surface area contributed by atoms with Crippen molar-refractivity contribution in [1.29, 1.82) is 0 Å². The highest BCUT2D eigenvalue weighted by molar-refractivity contribution is 5.79. The lowest BCUT2D eigenvalue weighted by molar-refractivity contribution is -0.166. The molecule has 0 radical (unpaired) electrons. The molecular formula is C18H32O4. The Morgan fingerprint density at radius 2 is 1.73 bits per heavy atom. The predicted octanol–water partition coefficient (Wildman–Crippen LogP) is 4.28. The van der Waals surface area contributed by atoms with E-state index in [2.05, 4.69) is 46.8 Å².